The van der Waals surface area contributed by atoms with Gasteiger partial charge in [-0.3, -0.25) is 29.4 Å². The lowest BCUT2D eigenvalue weighted by molar-refractivity contribution is -0.384. The van der Waals surface area contributed by atoms with Crippen molar-refractivity contribution in [2.75, 3.05) is 5.32 Å². The molecule has 0 saturated heterocycles. The highest BCUT2D eigenvalue weighted by atomic mass is 16.6. The number of carbonyl (C=O) groups is 3. The van der Waals surface area contributed by atoms with Crippen LogP contribution in [0.5, 0.6) is 0 Å². The minimum atomic E-state index is -1.10. The van der Waals surface area contributed by atoms with Crippen LogP contribution in [0.25, 0.3) is 0 Å². The van der Waals surface area contributed by atoms with Crippen LogP contribution in [-0.2, 0) is 4.79 Å². The van der Waals surface area contributed by atoms with Crippen molar-refractivity contribution in [3.05, 3.63) is 69.3 Å². The average Bonchev–Trinajstić information content (AvgIpc) is 2.88. The molecule has 0 aromatic heterocycles. The third kappa shape index (κ3) is 3.24. The van der Waals surface area contributed by atoms with Crippen molar-refractivity contribution in [3.63, 3.8) is 0 Å². The summed E-state index contributed by atoms with van der Waals surface area (Å²) in [6, 6.07) is 9.68. The van der Waals surface area contributed by atoms with Gasteiger partial charge in [-0.1, -0.05) is 32.0 Å². The molecule has 0 aliphatic carbocycles. The van der Waals surface area contributed by atoms with E-state index in [9.17, 15) is 24.5 Å². The van der Waals surface area contributed by atoms with Gasteiger partial charge in [-0.25, -0.2) is 0 Å². The van der Waals surface area contributed by atoms with Gasteiger partial charge in [0, 0.05) is 6.07 Å². The van der Waals surface area contributed by atoms with Crippen LogP contribution < -0.4 is 5.32 Å². The van der Waals surface area contributed by atoms with E-state index in [1.807, 2.05) is 0 Å². The van der Waals surface area contributed by atoms with Crippen LogP contribution in [-0.4, -0.2) is 33.6 Å². The fraction of sp³-hybridized carbons (Fsp3) is 0.250. The maximum absolute atomic E-state index is 13.0. The highest BCUT2D eigenvalue weighted by molar-refractivity contribution is 6.23. The molecule has 144 valence electrons. The first-order valence-electron chi connectivity index (χ1n) is 8.75. The molecule has 2 aromatic rings. The molecule has 1 aliphatic rings. The molecule has 1 aliphatic heterocycles. The lowest BCUT2D eigenvalue weighted by Crippen LogP contribution is -2.50. The summed E-state index contributed by atoms with van der Waals surface area (Å²) in [5, 5.41) is 13.8. The SMILES string of the molecule is Cc1ccc(NC(=O)C(C(C)C)N2C(=O)c3ccccc3C2=O)c([N+](=O)[O-])c1. The molecule has 3 amide bonds. The second-order valence-electron chi connectivity index (χ2n) is 6.98. The molecule has 0 radical (unpaired) electrons. The van der Waals surface area contributed by atoms with Crippen molar-refractivity contribution in [3.8, 4) is 0 Å². The van der Waals surface area contributed by atoms with Crippen LogP contribution in [0.1, 0.15) is 40.1 Å². The van der Waals surface area contributed by atoms with Gasteiger partial charge in [0.15, 0.2) is 0 Å². The highest BCUT2D eigenvalue weighted by Gasteiger charge is 2.44. The number of nitrogens with zero attached hydrogens (tertiary/aromatic N) is 2. The first kappa shape index (κ1) is 19.2. The normalized spacial score (nSPS) is 14.2. The number of hydrogen-bond acceptors (Lipinski definition) is 5. The summed E-state index contributed by atoms with van der Waals surface area (Å²) in [6.45, 7) is 5.11. The molecule has 1 unspecified atom stereocenters. The fourth-order valence-electron chi connectivity index (χ4n) is 3.28. The van der Waals surface area contributed by atoms with Crippen molar-refractivity contribution in [2.24, 2.45) is 5.92 Å². The van der Waals surface area contributed by atoms with Crippen LogP contribution in [0.3, 0.4) is 0 Å². The fourth-order valence-corrected chi connectivity index (χ4v) is 3.28. The second kappa shape index (κ2) is 7.22. The molecule has 2 aromatic carbocycles. The molecular formula is C20H19N3O5. The number of nitro benzene ring substituents is 1. The minimum absolute atomic E-state index is 0.0165. The molecule has 28 heavy (non-hydrogen) atoms. The van der Waals surface area contributed by atoms with Gasteiger partial charge >= 0.3 is 0 Å². The predicted molar refractivity (Wildman–Crippen MR) is 102 cm³/mol. The van der Waals surface area contributed by atoms with Gasteiger partial charge in [-0.2, -0.15) is 0 Å². The van der Waals surface area contributed by atoms with Crippen LogP contribution >= 0.6 is 0 Å². The molecule has 0 bridgehead atoms. The molecular weight excluding hydrogens is 362 g/mol. The second-order valence-corrected chi connectivity index (χ2v) is 6.98. The van der Waals surface area contributed by atoms with Gasteiger partial charge in [0.1, 0.15) is 11.7 Å². The molecule has 0 saturated carbocycles. The van der Waals surface area contributed by atoms with Crippen LogP contribution in [0, 0.1) is 23.0 Å². The molecule has 8 nitrogen and oxygen atoms in total. The van der Waals surface area contributed by atoms with Crippen molar-refractivity contribution < 1.29 is 19.3 Å². The number of rotatable bonds is 5. The van der Waals surface area contributed by atoms with Crippen LogP contribution in [0.2, 0.25) is 0 Å². The first-order valence-corrected chi connectivity index (χ1v) is 8.75. The van der Waals surface area contributed by atoms with Gasteiger partial charge in [0.25, 0.3) is 17.5 Å². The van der Waals surface area contributed by atoms with E-state index in [-0.39, 0.29) is 22.5 Å². The van der Waals surface area contributed by atoms with Crippen LogP contribution in [0.4, 0.5) is 11.4 Å². The third-order valence-corrected chi connectivity index (χ3v) is 4.61. The highest BCUT2D eigenvalue weighted by Crippen LogP contribution is 2.30. The summed E-state index contributed by atoms with van der Waals surface area (Å²) in [7, 11) is 0. The van der Waals surface area contributed by atoms with E-state index in [4.69, 9.17) is 0 Å². The summed E-state index contributed by atoms with van der Waals surface area (Å²) < 4.78 is 0. The number of hydrogen-bond donors (Lipinski definition) is 1. The van der Waals surface area contributed by atoms with Gasteiger partial charge in [-0.15, -0.1) is 0 Å². The molecule has 1 N–H and O–H groups in total. The zero-order chi connectivity index (χ0) is 20.6. The Labute approximate surface area is 161 Å². The lowest BCUT2D eigenvalue weighted by atomic mass is 10.0. The maximum Gasteiger partial charge on any atom is 0.293 e. The Hall–Kier alpha value is -3.55. The van der Waals surface area contributed by atoms with Crippen molar-refractivity contribution in [1.29, 1.82) is 0 Å². The Morgan fingerprint density at radius 3 is 2.14 bits per heavy atom. The van der Waals surface area contributed by atoms with E-state index in [1.165, 1.54) is 24.3 Å². The molecule has 3 rings (SSSR count). The Kier molecular flexibility index (Phi) is 4.96. The summed E-state index contributed by atoms with van der Waals surface area (Å²) in [6.07, 6.45) is 0. The molecule has 8 heteroatoms. The van der Waals surface area contributed by atoms with E-state index in [0.29, 0.717) is 5.56 Å². The van der Waals surface area contributed by atoms with Gasteiger partial charge in [0.2, 0.25) is 5.91 Å². The lowest BCUT2D eigenvalue weighted by Gasteiger charge is -2.28. The van der Waals surface area contributed by atoms with E-state index in [0.717, 1.165) is 4.90 Å². The number of amides is 3. The Morgan fingerprint density at radius 1 is 1.07 bits per heavy atom. The number of carbonyl (C=O) groups excluding carboxylic acids is 3. The topological polar surface area (TPSA) is 110 Å². The van der Waals surface area contributed by atoms with Crippen LogP contribution in [0.15, 0.2) is 42.5 Å². The first-order chi connectivity index (χ1) is 13.2. The monoisotopic (exact) mass is 381 g/mol. The number of nitro groups is 1. The number of anilines is 1. The summed E-state index contributed by atoms with van der Waals surface area (Å²) in [5.41, 5.74) is 0.922. The zero-order valence-corrected chi connectivity index (χ0v) is 15.6. The Morgan fingerprint density at radius 2 is 1.64 bits per heavy atom. The largest absolute Gasteiger partial charge is 0.319 e. The number of nitrogens with one attached hydrogen (secondary N) is 1. The van der Waals surface area contributed by atoms with E-state index in [1.54, 1.807) is 39.0 Å². The van der Waals surface area contributed by atoms with Gasteiger partial charge < -0.3 is 5.32 Å². The Balaban J connectivity index is 1.95. The molecule has 0 spiro atoms. The van der Waals surface area contributed by atoms with E-state index < -0.39 is 34.6 Å². The standard InChI is InChI=1S/C20H19N3O5/c1-11(2)17(22-19(25)13-6-4-5-7-14(13)20(22)26)18(24)21-15-9-8-12(3)10-16(15)23(27)28/h4-11,17H,1-3H3,(H,21,24). The third-order valence-electron chi connectivity index (χ3n) is 4.61. The Bertz CT molecular complexity index is 964. The van der Waals surface area contributed by atoms with Crippen molar-refractivity contribution >= 4 is 29.1 Å². The van der Waals surface area contributed by atoms with Crippen molar-refractivity contribution in [1.82, 2.24) is 4.90 Å². The molecule has 0 fully saturated rings. The van der Waals surface area contributed by atoms with E-state index in [2.05, 4.69) is 5.32 Å². The quantitative estimate of drug-likeness (QED) is 0.486. The summed E-state index contributed by atoms with van der Waals surface area (Å²) >= 11 is 0. The summed E-state index contributed by atoms with van der Waals surface area (Å²) in [4.78, 5) is 50.1. The zero-order valence-electron chi connectivity index (χ0n) is 15.6. The number of benzene rings is 2. The average molecular weight is 381 g/mol. The molecule has 1 atom stereocenters. The smallest absolute Gasteiger partial charge is 0.293 e. The van der Waals surface area contributed by atoms with E-state index >= 15 is 0 Å². The molecule has 1 heterocycles. The van der Waals surface area contributed by atoms with Crippen molar-refractivity contribution in [2.45, 2.75) is 26.8 Å². The summed E-state index contributed by atoms with van der Waals surface area (Å²) in [5.74, 6) is -2.15. The number of fused-ring (bicyclic) bond motifs is 1. The number of imide groups is 1. The minimum Gasteiger partial charge on any atom is -0.319 e. The predicted octanol–water partition coefficient (Wildman–Crippen LogP) is 3.16. The maximum atomic E-state index is 13.0. The van der Waals surface area contributed by atoms with Gasteiger partial charge in [0.05, 0.1) is 16.1 Å². The number of aryl methyl sites for hydroxylation is 1. The van der Waals surface area contributed by atoms with Gasteiger partial charge in [-0.05, 0) is 36.6 Å².